The number of likely N-dealkylation sites (tertiary alicyclic amines) is 2. The fourth-order valence-electron chi connectivity index (χ4n) is 7.74. The summed E-state index contributed by atoms with van der Waals surface area (Å²) < 4.78 is 0. The third kappa shape index (κ3) is 2.60. The Morgan fingerprint density at radius 1 is 0.677 bits per heavy atom. The maximum absolute atomic E-state index is 13.3. The van der Waals surface area contributed by atoms with Gasteiger partial charge in [0.25, 0.3) is 0 Å². The van der Waals surface area contributed by atoms with Crippen LogP contribution in [0.3, 0.4) is 0 Å². The molecular weight excluding hydrogens is 664 g/mol. The van der Waals surface area contributed by atoms with Crippen LogP contribution in [-0.4, -0.2) is 65.3 Å². The molecule has 0 aromatic carbocycles. The molecule has 13 atom stereocenters. The summed E-state index contributed by atoms with van der Waals surface area (Å²) in [7, 11) is 0. The van der Waals surface area contributed by atoms with Crippen molar-refractivity contribution < 1.29 is 19.2 Å². The first-order valence-corrected chi connectivity index (χ1v) is 14.6. The highest BCUT2D eigenvalue weighted by Gasteiger charge is 2.68. The molecular formula is C21H22Br4N2O4. The molecule has 0 aromatic heterocycles. The van der Waals surface area contributed by atoms with Gasteiger partial charge in [0, 0.05) is 25.9 Å². The van der Waals surface area contributed by atoms with Gasteiger partial charge in [-0.25, -0.2) is 0 Å². The minimum Gasteiger partial charge on any atom is -0.280 e. The number of nitrogens with zero attached hydrogens (tertiary/aromatic N) is 2. The van der Waals surface area contributed by atoms with Gasteiger partial charge in [-0.15, -0.1) is 0 Å². The van der Waals surface area contributed by atoms with Crippen molar-refractivity contribution >= 4 is 87.3 Å². The molecule has 0 N–H and O–H groups in total. The molecule has 4 saturated carbocycles. The zero-order valence-electron chi connectivity index (χ0n) is 16.7. The molecule has 168 valence electrons. The summed E-state index contributed by atoms with van der Waals surface area (Å²) in [5.41, 5.74) is 0. The maximum atomic E-state index is 13.3. The average Bonchev–Trinajstić information content (AvgIpc) is 3.52. The highest BCUT2D eigenvalue weighted by atomic mass is 79.9. The molecule has 2 aliphatic heterocycles. The maximum Gasteiger partial charge on any atom is 0.233 e. The topological polar surface area (TPSA) is 74.8 Å². The summed E-state index contributed by atoms with van der Waals surface area (Å²) in [6.45, 7) is 1.89. The van der Waals surface area contributed by atoms with Gasteiger partial charge < -0.3 is 0 Å². The highest BCUT2D eigenvalue weighted by molar-refractivity contribution is 9.12. The molecule has 0 spiro atoms. The first-order chi connectivity index (χ1) is 14.6. The number of rotatable bonds is 3. The summed E-state index contributed by atoms with van der Waals surface area (Å²) in [6, 6.07) is -0.503. The number of fused-ring (bicyclic) bond motifs is 10. The van der Waals surface area contributed by atoms with Gasteiger partial charge in [-0.05, 0) is 43.4 Å². The Balaban J connectivity index is 1.22. The summed E-state index contributed by atoms with van der Waals surface area (Å²) >= 11 is 14.8. The van der Waals surface area contributed by atoms with Crippen molar-refractivity contribution in [3.05, 3.63) is 0 Å². The van der Waals surface area contributed by atoms with E-state index < -0.39 is 6.04 Å². The lowest BCUT2D eigenvalue weighted by atomic mass is 9.81. The molecule has 31 heavy (non-hydrogen) atoms. The van der Waals surface area contributed by atoms with Crippen LogP contribution in [0.2, 0.25) is 0 Å². The first kappa shape index (κ1) is 21.7. The van der Waals surface area contributed by atoms with Gasteiger partial charge in [0.15, 0.2) is 0 Å². The van der Waals surface area contributed by atoms with Crippen LogP contribution in [0.25, 0.3) is 0 Å². The quantitative estimate of drug-likeness (QED) is 0.339. The Morgan fingerprint density at radius 3 is 1.35 bits per heavy atom. The number of imide groups is 2. The largest absolute Gasteiger partial charge is 0.280 e. The van der Waals surface area contributed by atoms with Crippen molar-refractivity contribution in [2.24, 2.45) is 47.3 Å². The molecule has 6 nitrogen and oxygen atoms in total. The van der Waals surface area contributed by atoms with E-state index in [-0.39, 0.29) is 96.8 Å². The predicted octanol–water partition coefficient (Wildman–Crippen LogP) is 2.93. The summed E-state index contributed by atoms with van der Waals surface area (Å²) in [6.07, 6.45) is 1.77. The Morgan fingerprint density at radius 2 is 1.00 bits per heavy atom. The van der Waals surface area contributed by atoms with Gasteiger partial charge in [0.2, 0.25) is 23.6 Å². The van der Waals surface area contributed by atoms with E-state index in [2.05, 4.69) is 63.7 Å². The third-order valence-corrected chi connectivity index (χ3v) is 15.4. The van der Waals surface area contributed by atoms with Crippen LogP contribution >= 0.6 is 63.7 Å². The monoisotopic (exact) mass is 682 g/mol. The number of hydrogen-bond acceptors (Lipinski definition) is 4. The molecule has 10 heteroatoms. The van der Waals surface area contributed by atoms with Gasteiger partial charge in [-0.2, -0.15) is 0 Å². The zero-order valence-corrected chi connectivity index (χ0v) is 23.0. The van der Waals surface area contributed by atoms with Crippen molar-refractivity contribution in [3.8, 4) is 0 Å². The predicted molar refractivity (Wildman–Crippen MR) is 126 cm³/mol. The minimum absolute atomic E-state index is 0.103. The normalized spacial score (nSPS) is 53.2. The fourth-order valence-corrected chi connectivity index (χ4v) is 11.5. The van der Waals surface area contributed by atoms with Gasteiger partial charge in [0.05, 0.1) is 29.7 Å². The first-order valence-electron chi connectivity index (χ1n) is 10.9. The van der Waals surface area contributed by atoms with Crippen molar-refractivity contribution in [3.63, 3.8) is 0 Å². The van der Waals surface area contributed by atoms with E-state index in [0.717, 1.165) is 12.8 Å². The Hall–Kier alpha value is 0.200. The minimum atomic E-state index is -0.503. The highest BCUT2D eigenvalue weighted by Crippen LogP contribution is 2.61. The van der Waals surface area contributed by atoms with E-state index in [1.807, 2.05) is 0 Å². The molecule has 6 fully saturated rings. The van der Waals surface area contributed by atoms with E-state index in [1.165, 1.54) is 9.80 Å². The SMILES string of the molecule is CC(CN1C(=O)C2C3CC(C(Br)C3Br)C2C1=O)N1C(=O)C2C3CC(C(Br)C3Br)C2C1=O. The lowest BCUT2D eigenvalue weighted by Crippen LogP contribution is -2.48. The lowest BCUT2D eigenvalue weighted by molar-refractivity contribution is -0.148. The van der Waals surface area contributed by atoms with Gasteiger partial charge in [-0.3, -0.25) is 29.0 Å². The van der Waals surface area contributed by atoms with Crippen LogP contribution in [0.5, 0.6) is 0 Å². The van der Waals surface area contributed by atoms with E-state index in [0.29, 0.717) is 0 Å². The van der Waals surface area contributed by atoms with Crippen molar-refractivity contribution in [2.45, 2.75) is 45.1 Å². The second-order valence-electron chi connectivity index (χ2n) is 10.2. The van der Waals surface area contributed by atoms with Gasteiger partial charge >= 0.3 is 0 Å². The number of hydrogen-bond donors (Lipinski definition) is 0. The third-order valence-electron chi connectivity index (χ3n) is 8.99. The van der Waals surface area contributed by atoms with Gasteiger partial charge in [-0.1, -0.05) is 63.7 Å². The second kappa shape index (κ2) is 7.11. The van der Waals surface area contributed by atoms with Crippen molar-refractivity contribution in [2.75, 3.05) is 6.54 Å². The number of carbonyl (C=O) groups is 4. The van der Waals surface area contributed by atoms with Crippen molar-refractivity contribution in [1.82, 2.24) is 9.80 Å². The Bertz CT molecular complexity index is 852. The van der Waals surface area contributed by atoms with E-state index in [9.17, 15) is 19.2 Å². The molecule has 4 amide bonds. The fraction of sp³-hybridized carbons (Fsp3) is 0.810. The number of alkyl halides is 4. The van der Waals surface area contributed by atoms with Gasteiger partial charge in [0.1, 0.15) is 0 Å². The van der Waals surface area contributed by atoms with E-state index in [4.69, 9.17) is 0 Å². The lowest BCUT2D eigenvalue weighted by Gasteiger charge is -2.28. The van der Waals surface area contributed by atoms with E-state index >= 15 is 0 Å². The Kier molecular flexibility index (Phi) is 4.98. The summed E-state index contributed by atoms with van der Waals surface area (Å²) in [4.78, 5) is 56.5. The molecule has 6 aliphatic rings. The van der Waals surface area contributed by atoms with Crippen LogP contribution in [0.15, 0.2) is 0 Å². The van der Waals surface area contributed by atoms with Crippen LogP contribution in [0.4, 0.5) is 0 Å². The molecule has 6 rings (SSSR count). The van der Waals surface area contributed by atoms with Crippen LogP contribution < -0.4 is 0 Å². The van der Waals surface area contributed by atoms with Crippen LogP contribution in [0, 0.1) is 47.3 Å². The van der Waals surface area contributed by atoms with Crippen molar-refractivity contribution in [1.29, 1.82) is 0 Å². The summed E-state index contributed by atoms with van der Waals surface area (Å²) in [5.74, 6) is -0.966. The second-order valence-corrected chi connectivity index (χ2v) is 14.4. The van der Waals surface area contributed by atoms with Crippen LogP contribution in [-0.2, 0) is 19.2 Å². The van der Waals surface area contributed by atoms with E-state index in [1.54, 1.807) is 6.92 Å². The molecule has 0 aromatic rings. The summed E-state index contributed by atoms with van der Waals surface area (Å²) in [5, 5.41) is 0. The standard InChI is InChI=1S/C21H22Br4N2O4/c1-5(27-20(30)12-8-3-9(13(12)21(27)31)17(25)16(8)24)4-26-18(28)10-6-2-7(11(10)19(26)29)15(23)14(6)22/h5-17H,2-4H2,1H3. The number of amides is 4. The molecule has 4 bridgehead atoms. The van der Waals surface area contributed by atoms with Crippen LogP contribution in [0.1, 0.15) is 19.8 Å². The number of halogens is 4. The molecule has 2 heterocycles. The molecule has 2 saturated heterocycles. The average molecular weight is 686 g/mol. The zero-order chi connectivity index (χ0) is 22.1. The molecule has 0 radical (unpaired) electrons. The number of carbonyl (C=O) groups excluding carboxylic acids is 4. The Labute approximate surface area is 214 Å². The smallest absolute Gasteiger partial charge is 0.233 e. The molecule has 13 unspecified atom stereocenters. The molecule has 4 aliphatic carbocycles.